The molecule has 1 heterocycles. The second kappa shape index (κ2) is 18.9. The zero-order valence-corrected chi connectivity index (χ0v) is 34.2. The summed E-state index contributed by atoms with van der Waals surface area (Å²) in [5.41, 5.74) is 1.81. The Morgan fingerprint density at radius 3 is 2.16 bits per heavy atom. The molecule has 5 rings (SSSR count). The first-order chi connectivity index (χ1) is 26.6. The van der Waals surface area contributed by atoms with Crippen molar-refractivity contribution in [1.82, 2.24) is 0 Å². The second-order valence-electron chi connectivity index (χ2n) is 12.7. The normalized spacial score (nSPS) is 17.1. The summed E-state index contributed by atoms with van der Waals surface area (Å²) < 4.78 is 9.01. The first-order valence-electron chi connectivity index (χ1n) is 16.8. The van der Waals surface area contributed by atoms with Gasteiger partial charge in [0.1, 0.15) is 35.5 Å². The molecule has 0 saturated carbocycles. The van der Waals surface area contributed by atoms with Crippen LogP contribution in [0.5, 0.6) is 17.2 Å². The topological polar surface area (TPSA) is 207 Å². The number of nitrogens with zero attached hydrogens (tertiary/aromatic N) is 2. The Bertz CT molecular complexity index is 2130. The van der Waals surface area contributed by atoms with E-state index in [4.69, 9.17) is 21.3 Å². The molecule has 0 bridgehead atoms. The third-order valence-corrected chi connectivity index (χ3v) is 33.0. The second-order valence-corrected chi connectivity index (χ2v) is 29.4. The van der Waals surface area contributed by atoms with Gasteiger partial charge in [0.25, 0.3) is 10.2 Å². The molecule has 1 aliphatic heterocycles. The molecule has 0 aliphatic carbocycles. The third kappa shape index (κ3) is 11.6. The quantitative estimate of drug-likeness (QED) is 0.0343. The minimum absolute atomic E-state index is 0.147. The van der Waals surface area contributed by atoms with Gasteiger partial charge in [-0.15, -0.1) is 20.2 Å². The standard InChI is InChI=1S/C36H35N3O12P2S3/c1-22(2)18-24-4-6-25(7-5-24)23(3)35(42)37-26-8-17-33(50-34(41)20-29(51-39(46)47)21-48-38(44)45)32(19-26)36(43)49-28-11-15-31(16-12-28)53(54)55-52(56-53)30-13-9-27(40)10-14-30/h4-17,19,22-23,29,40H,18,20-21H2,1-3H3,(H,37,42). The van der Waals surface area contributed by atoms with Gasteiger partial charge in [-0.1, -0.05) is 71.9 Å². The Kier molecular flexibility index (Phi) is 14.3. The fourth-order valence-corrected chi connectivity index (χ4v) is 31.2. The van der Waals surface area contributed by atoms with Gasteiger partial charge >= 0.3 is 11.9 Å². The van der Waals surface area contributed by atoms with E-state index < -0.39 is 57.9 Å². The van der Waals surface area contributed by atoms with Crippen LogP contribution < -0.4 is 25.4 Å². The van der Waals surface area contributed by atoms with E-state index in [1.54, 1.807) is 65.3 Å². The number of nitrogens with one attached hydrogen (secondary N) is 1. The van der Waals surface area contributed by atoms with E-state index in [9.17, 15) is 39.7 Å². The highest BCUT2D eigenvalue weighted by Gasteiger charge is 2.40. The number of carbonyl (C=O) groups is 3. The van der Waals surface area contributed by atoms with Crippen molar-refractivity contribution in [2.45, 2.75) is 45.6 Å². The van der Waals surface area contributed by atoms with E-state index >= 15 is 0 Å². The van der Waals surface area contributed by atoms with Crippen LogP contribution >= 0.6 is 32.8 Å². The van der Waals surface area contributed by atoms with Crippen LogP contribution in [0.15, 0.2) is 91.0 Å². The molecule has 2 N–H and O–H groups in total. The zero-order chi connectivity index (χ0) is 40.6. The number of rotatable bonds is 17. The molecule has 2 unspecified atom stereocenters. The largest absolute Gasteiger partial charge is 0.508 e. The molecule has 2 atom stereocenters. The average molecular weight is 860 g/mol. The number of ether oxygens (including phenoxy) is 2. The Morgan fingerprint density at radius 1 is 0.893 bits per heavy atom. The van der Waals surface area contributed by atoms with Crippen LogP contribution in [-0.4, -0.2) is 45.8 Å². The molecule has 0 spiro atoms. The van der Waals surface area contributed by atoms with Crippen molar-refractivity contribution in [1.29, 1.82) is 0 Å². The van der Waals surface area contributed by atoms with Gasteiger partial charge in [-0.25, -0.2) is 4.79 Å². The first kappa shape index (κ1) is 42.4. The molecule has 4 aromatic carbocycles. The highest BCUT2D eigenvalue weighted by molar-refractivity contribution is 9.43. The molecule has 0 radical (unpaired) electrons. The number of amides is 1. The van der Waals surface area contributed by atoms with Crippen molar-refractivity contribution in [3.05, 3.63) is 128 Å². The van der Waals surface area contributed by atoms with Crippen LogP contribution in [0.25, 0.3) is 0 Å². The van der Waals surface area contributed by atoms with Crippen LogP contribution in [0.3, 0.4) is 0 Å². The zero-order valence-electron chi connectivity index (χ0n) is 30.0. The van der Waals surface area contributed by atoms with Crippen molar-refractivity contribution in [2.24, 2.45) is 5.92 Å². The van der Waals surface area contributed by atoms with E-state index in [-0.39, 0.29) is 34.4 Å². The van der Waals surface area contributed by atoms with Crippen molar-refractivity contribution in [3.63, 3.8) is 0 Å². The number of phenolic OH excluding ortho intramolecular Hbond substituents is 1. The van der Waals surface area contributed by atoms with E-state index in [0.29, 0.717) is 5.92 Å². The molecule has 0 aromatic heterocycles. The number of carbonyl (C=O) groups excluding carboxylic acids is 3. The van der Waals surface area contributed by atoms with Gasteiger partial charge < -0.3 is 29.6 Å². The minimum Gasteiger partial charge on any atom is -0.508 e. The summed E-state index contributed by atoms with van der Waals surface area (Å²) >= 11 is 9.45. The fourth-order valence-electron chi connectivity index (χ4n) is 5.24. The van der Waals surface area contributed by atoms with Crippen LogP contribution in [0.2, 0.25) is 0 Å². The lowest BCUT2D eigenvalue weighted by Gasteiger charge is -2.37. The molecule has 4 aromatic rings. The summed E-state index contributed by atoms with van der Waals surface area (Å²) in [6, 6.07) is 25.4. The Morgan fingerprint density at radius 2 is 1.55 bits per heavy atom. The molecule has 1 amide bonds. The van der Waals surface area contributed by atoms with Gasteiger partial charge in [0, 0.05) is 11.0 Å². The number of phenols is 1. The molecule has 15 nitrogen and oxygen atoms in total. The van der Waals surface area contributed by atoms with Gasteiger partial charge in [-0.3, -0.25) is 9.59 Å². The summed E-state index contributed by atoms with van der Waals surface area (Å²) in [6.07, 6.45) is -2.25. The number of benzene rings is 4. The maximum absolute atomic E-state index is 13.7. The Labute approximate surface area is 334 Å². The molecular formula is C36H35N3O12P2S3. The molecule has 1 saturated heterocycles. The van der Waals surface area contributed by atoms with Gasteiger partial charge in [-0.05, 0) is 102 Å². The maximum atomic E-state index is 13.7. The Balaban J connectivity index is 1.32. The minimum atomic E-state index is -2.01. The monoisotopic (exact) mass is 859 g/mol. The van der Waals surface area contributed by atoms with Gasteiger partial charge in [0.15, 0.2) is 0 Å². The van der Waals surface area contributed by atoms with Crippen molar-refractivity contribution in [3.8, 4) is 17.2 Å². The van der Waals surface area contributed by atoms with E-state index in [1.165, 1.54) is 18.2 Å². The van der Waals surface area contributed by atoms with Crippen LogP contribution in [0.1, 0.15) is 54.6 Å². The van der Waals surface area contributed by atoms with Gasteiger partial charge in [0.05, 0.1) is 23.1 Å². The maximum Gasteiger partial charge on any atom is 0.347 e. The summed E-state index contributed by atoms with van der Waals surface area (Å²) in [6.45, 7) is 5.03. The van der Waals surface area contributed by atoms with Gasteiger partial charge in [0.2, 0.25) is 5.91 Å². The predicted octanol–water partition coefficient (Wildman–Crippen LogP) is 7.69. The third-order valence-electron chi connectivity index (χ3n) is 7.99. The molecule has 1 aliphatic rings. The molecule has 20 heteroatoms. The molecular weight excluding hydrogens is 825 g/mol. The number of aromatic hydroxyl groups is 1. The first-order valence-corrected chi connectivity index (χ1v) is 25.0. The Hall–Kier alpha value is -4.73. The average Bonchev–Trinajstić information content (AvgIpc) is 3.13. The number of hydrogen-bond donors (Lipinski definition) is 2. The highest BCUT2D eigenvalue weighted by atomic mass is 33.7. The van der Waals surface area contributed by atoms with Crippen molar-refractivity contribution in [2.75, 3.05) is 11.9 Å². The summed E-state index contributed by atoms with van der Waals surface area (Å²) in [5, 5.41) is 33.5. The van der Waals surface area contributed by atoms with Gasteiger partial charge in [-0.2, -0.15) is 0 Å². The lowest BCUT2D eigenvalue weighted by Crippen LogP contribution is -2.29. The lowest BCUT2D eigenvalue weighted by molar-refractivity contribution is -0.789. The smallest absolute Gasteiger partial charge is 0.347 e. The predicted molar refractivity (Wildman–Crippen MR) is 219 cm³/mol. The number of hydrogen-bond acceptors (Lipinski definition) is 15. The van der Waals surface area contributed by atoms with E-state index in [1.807, 2.05) is 36.4 Å². The number of anilines is 1. The van der Waals surface area contributed by atoms with Crippen molar-refractivity contribution < 1.29 is 48.8 Å². The van der Waals surface area contributed by atoms with E-state index in [0.717, 1.165) is 28.2 Å². The van der Waals surface area contributed by atoms with Crippen LogP contribution in [-0.2, 0) is 37.5 Å². The SMILES string of the molecule is CC(C)Cc1ccc(C(C)C(=O)Nc2ccc(OC(=O)CC(CO[N+](=O)[O-])O[N+](=O)[O-])c(C(=O)Oc3ccc(P4(=S)SP(c5ccc(O)cc5)S4)cc3)c2)cc1. The lowest BCUT2D eigenvalue weighted by atomic mass is 9.96. The summed E-state index contributed by atoms with van der Waals surface area (Å²) in [4.78, 5) is 69.9. The number of esters is 2. The summed E-state index contributed by atoms with van der Waals surface area (Å²) in [7, 11) is 0. The molecule has 294 valence electrons. The fraction of sp³-hybridized carbons (Fsp3) is 0.250. The van der Waals surface area contributed by atoms with Crippen LogP contribution in [0, 0.1) is 26.1 Å². The van der Waals surface area contributed by atoms with E-state index in [2.05, 4.69) is 28.8 Å². The molecule has 1 fully saturated rings. The summed E-state index contributed by atoms with van der Waals surface area (Å²) in [5.74, 6) is -2.57. The molecule has 56 heavy (non-hydrogen) atoms. The highest BCUT2D eigenvalue weighted by Crippen LogP contribution is 2.99. The van der Waals surface area contributed by atoms with Crippen molar-refractivity contribution >= 4 is 78.7 Å². The van der Waals surface area contributed by atoms with Crippen LogP contribution in [0.4, 0.5) is 5.69 Å².